The Balaban J connectivity index is 1.51. The van der Waals surface area contributed by atoms with E-state index in [4.69, 9.17) is 21.1 Å². The number of anilines is 1. The van der Waals surface area contributed by atoms with Crippen molar-refractivity contribution in [2.24, 2.45) is 0 Å². The molecule has 0 radical (unpaired) electrons. The number of aryl methyl sites for hydroxylation is 1. The molecule has 1 saturated heterocycles. The van der Waals surface area contributed by atoms with Crippen LogP contribution >= 0.6 is 39.3 Å². The van der Waals surface area contributed by atoms with Gasteiger partial charge in [0.15, 0.2) is 17.0 Å². The molecule has 1 amide bonds. The average Bonchev–Trinajstić information content (AvgIpc) is 3.19. The Labute approximate surface area is 221 Å². The summed E-state index contributed by atoms with van der Waals surface area (Å²) in [5.74, 6) is 0.873. The zero-order chi connectivity index (χ0) is 24.9. The number of carbonyl (C=O) groups excluding carboxylic acids is 1. The topological polar surface area (TPSA) is 83.4 Å². The number of carbonyl (C=O) groups is 1. The second-order valence-electron chi connectivity index (χ2n) is 7.67. The summed E-state index contributed by atoms with van der Waals surface area (Å²) in [6.45, 7) is 2.18. The molecule has 1 unspecified atom stereocenters. The molecule has 4 rings (SSSR count). The predicted octanol–water partition coefficient (Wildman–Crippen LogP) is 6.47. The van der Waals surface area contributed by atoms with E-state index in [-0.39, 0.29) is 18.0 Å². The molecule has 3 aromatic carbocycles. The molecule has 178 valence electrons. The van der Waals surface area contributed by atoms with Gasteiger partial charge in [-0.1, -0.05) is 57.5 Å². The number of benzene rings is 3. The third-order valence-electron chi connectivity index (χ3n) is 5.30. The minimum absolute atomic E-state index is 0.168. The molecule has 35 heavy (non-hydrogen) atoms. The van der Waals surface area contributed by atoms with E-state index in [0.717, 1.165) is 26.9 Å². The van der Waals surface area contributed by atoms with Crippen LogP contribution in [0.1, 0.15) is 22.3 Å². The largest absolute Gasteiger partial charge is 0.493 e. The van der Waals surface area contributed by atoms with Crippen molar-refractivity contribution in [3.05, 3.63) is 91.3 Å². The van der Waals surface area contributed by atoms with Gasteiger partial charge >= 0.3 is 0 Å². The highest BCUT2D eigenvalue weighted by molar-refractivity contribution is 9.10. The van der Waals surface area contributed by atoms with Crippen LogP contribution in [0.2, 0.25) is 5.02 Å². The van der Waals surface area contributed by atoms with Gasteiger partial charge in [0.1, 0.15) is 6.61 Å². The zero-order valence-corrected chi connectivity index (χ0v) is 22.1. The van der Waals surface area contributed by atoms with E-state index < -0.39 is 0 Å². The minimum atomic E-state index is -0.308. The first-order chi connectivity index (χ1) is 16.9. The van der Waals surface area contributed by atoms with E-state index in [1.165, 1.54) is 11.8 Å². The molecule has 1 atom stereocenters. The van der Waals surface area contributed by atoms with Gasteiger partial charge in [-0.15, -0.1) is 0 Å². The van der Waals surface area contributed by atoms with Crippen LogP contribution in [0, 0.1) is 18.3 Å². The van der Waals surface area contributed by atoms with E-state index in [0.29, 0.717) is 27.0 Å². The molecular weight excluding hydrogens is 550 g/mol. The van der Waals surface area contributed by atoms with Gasteiger partial charge in [-0.25, -0.2) is 0 Å². The fourth-order valence-corrected chi connectivity index (χ4v) is 5.11. The van der Waals surface area contributed by atoms with Crippen LogP contribution in [0.4, 0.5) is 5.69 Å². The maximum atomic E-state index is 12.6. The van der Waals surface area contributed by atoms with Gasteiger partial charge in [0.25, 0.3) is 5.91 Å². The molecule has 0 bridgehead atoms. The van der Waals surface area contributed by atoms with Crippen molar-refractivity contribution in [1.29, 1.82) is 5.26 Å². The predicted molar refractivity (Wildman–Crippen MR) is 143 cm³/mol. The van der Waals surface area contributed by atoms with Crippen molar-refractivity contribution in [3.8, 4) is 17.6 Å². The SMILES string of the molecule is COc1cc(/C=C2\SC(Nc3ccc(Cl)cc3C)NC2=O)c(Br)cc1OCc1ccccc1C#N. The number of halogens is 2. The number of nitrogens with one attached hydrogen (secondary N) is 2. The smallest absolute Gasteiger partial charge is 0.260 e. The van der Waals surface area contributed by atoms with Gasteiger partial charge in [0.2, 0.25) is 0 Å². The second kappa shape index (κ2) is 11.1. The number of rotatable bonds is 7. The lowest BCUT2D eigenvalue weighted by atomic mass is 10.1. The van der Waals surface area contributed by atoms with Gasteiger partial charge in [-0.05, 0) is 60.5 Å². The maximum absolute atomic E-state index is 12.6. The molecule has 1 aliphatic heterocycles. The molecule has 9 heteroatoms. The standard InChI is InChI=1S/C26H21BrClN3O3S/c1-15-9-19(28)7-8-21(15)30-26-31-25(32)24(35-26)11-18-10-22(33-2)23(12-20(18)27)34-14-17-6-4-3-5-16(17)13-29/h3-12,26,30H,14H2,1-2H3,(H,31,32)/b24-11-. The first kappa shape index (κ1) is 25.0. The van der Waals surface area contributed by atoms with Crippen LogP contribution in [-0.2, 0) is 11.4 Å². The highest BCUT2D eigenvalue weighted by atomic mass is 79.9. The van der Waals surface area contributed by atoms with Crippen LogP contribution < -0.4 is 20.1 Å². The van der Waals surface area contributed by atoms with Crippen LogP contribution in [-0.4, -0.2) is 18.5 Å². The number of hydrogen-bond donors (Lipinski definition) is 2. The number of nitrogens with zero attached hydrogens (tertiary/aromatic N) is 1. The average molecular weight is 571 g/mol. The Morgan fingerprint density at radius 2 is 2.03 bits per heavy atom. The summed E-state index contributed by atoms with van der Waals surface area (Å²) in [7, 11) is 1.56. The van der Waals surface area contributed by atoms with E-state index in [9.17, 15) is 10.1 Å². The number of thioether (sulfide) groups is 1. The maximum Gasteiger partial charge on any atom is 0.260 e. The molecule has 1 fully saturated rings. The summed E-state index contributed by atoms with van der Waals surface area (Å²) < 4.78 is 12.2. The van der Waals surface area contributed by atoms with Gasteiger partial charge in [-0.2, -0.15) is 5.26 Å². The fourth-order valence-electron chi connectivity index (χ4n) is 3.48. The molecule has 1 aliphatic rings. The Hall–Kier alpha value is -3.12. The van der Waals surface area contributed by atoms with Gasteiger partial charge < -0.3 is 20.1 Å². The molecule has 0 aromatic heterocycles. The molecule has 0 spiro atoms. The van der Waals surface area contributed by atoms with Crippen molar-refractivity contribution >= 4 is 57.0 Å². The lowest BCUT2D eigenvalue weighted by Crippen LogP contribution is -2.31. The summed E-state index contributed by atoms with van der Waals surface area (Å²) in [5, 5.41) is 16.2. The Morgan fingerprint density at radius 1 is 1.23 bits per heavy atom. The number of ether oxygens (including phenoxy) is 2. The summed E-state index contributed by atoms with van der Waals surface area (Å²) in [4.78, 5) is 13.2. The Kier molecular flexibility index (Phi) is 7.91. The van der Waals surface area contributed by atoms with E-state index in [1.807, 2.05) is 37.3 Å². The number of hydrogen-bond acceptors (Lipinski definition) is 6. The first-order valence-corrected chi connectivity index (χ1v) is 12.6. The fraction of sp³-hybridized carbons (Fsp3) is 0.154. The lowest BCUT2D eigenvalue weighted by Gasteiger charge is -2.15. The number of amides is 1. The number of methoxy groups -OCH3 is 1. The quantitative estimate of drug-likeness (QED) is 0.317. The minimum Gasteiger partial charge on any atom is -0.493 e. The molecular formula is C26H21BrClN3O3S. The lowest BCUT2D eigenvalue weighted by molar-refractivity contribution is -0.116. The van der Waals surface area contributed by atoms with E-state index >= 15 is 0 Å². The van der Waals surface area contributed by atoms with Crippen molar-refractivity contribution in [3.63, 3.8) is 0 Å². The van der Waals surface area contributed by atoms with Crippen molar-refractivity contribution < 1.29 is 14.3 Å². The molecule has 0 saturated carbocycles. The normalized spacial score (nSPS) is 16.0. The van der Waals surface area contributed by atoms with E-state index in [1.54, 1.807) is 37.5 Å². The van der Waals surface area contributed by atoms with E-state index in [2.05, 4.69) is 32.6 Å². The zero-order valence-electron chi connectivity index (χ0n) is 18.9. The highest BCUT2D eigenvalue weighted by Crippen LogP contribution is 2.38. The molecule has 2 N–H and O–H groups in total. The third kappa shape index (κ3) is 5.93. The Bertz CT molecular complexity index is 1360. The molecule has 6 nitrogen and oxygen atoms in total. The highest BCUT2D eigenvalue weighted by Gasteiger charge is 2.28. The molecule has 1 heterocycles. The monoisotopic (exact) mass is 569 g/mol. The third-order valence-corrected chi connectivity index (χ3v) is 7.25. The Morgan fingerprint density at radius 3 is 2.77 bits per heavy atom. The van der Waals surface area contributed by atoms with Gasteiger partial charge in [0.05, 0.1) is 23.6 Å². The van der Waals surface area contributed by atoms with Crippen molar-refractivity contribution in [2.45, 2.75) is 19.0 Å². The van der Waals surface area contributed by atoms with Gasteiger partial charge in [-0.3, -0.25) is 4.79 Å². The van der Waals surface area contributed by atoms with Crippen LogP contribution in [0.15, 0.2) is 64.0 Å². The van der Waals surface area contributed by atoms with Crippen molar-refractivity contribution in [2.75, 3.05) is 12.4 Å². The first-order valence-electron chi connectivity index (χ1n) is 10.6. The van der Waals surface area contributed by atoms with Crippen LogP contribution in [0.3, 0.4) is 0 Å². The van der Waals surface area contributed by atoms with Crippen molar-refractivity contribution in [1.82, 2.24) is 5.32 Å². The van der Waals surface area contributed by atoms with Gasteiger partial charge in [0, 0.05) is 20.7 Å². The summed E-state index contributed by atoms with van der Waals surface area (Å²) in [6, 6.07) is 18.6. The van der Waals surface area contributed by atoms with Crippen LogP contribution in [0.25, 0.3) is 6.08 Å². The van der Waals surface area contributed by atoms with Crippen LogP contribution in [0.5, 0.6) is 11.5 Å². The molecule has 0 aliphatic carbocycles. The summed E-state index contributed by atoms with van der Waals surface area (Å²) in [6.07, 6.45) is 1.80. The second-order valence-corrected chi connectivity index (χ2v) is 10.1. The number of nitriles is 1. The summed E-state index contributed by atoms with van der Waals surface area (Å²) in [5.41, 5.74) is 3.70. The summed E-state index contributed by atoms with van der Waals surface area (Å²) >= 11 is 11.0. The molecule has 3 aromatic rings.